The number of hydrogen-bond acceptors (Lipinski definition) is 5. The molecule has 3 amide bonds. The van der Waals surface area contributed by atoms with Crippen LogP contribution in [0.5, 0.6) is 11.5 Å². The highest BCUT2D eigenvalue weighted by Gasteiger charge is 2.28. The second kappa shape index (κ2) is 29.4. The van der Waals surface area contributed by atoms with E-state index in [2.05, 4.69) is 15.6 Å². The molecule has 1 aromatic heterocycles. The summed E-state index contributed by atoms with van der Waals surface area (Å²) in [6.45, 7) is 20.7. The number of nitrogens with zero attached hydrogens (tertiary/aromatic N) is 2. The Morgan fingerprint density at radius 1 is 0.720 bits per heavy atom. The van der Waals surface area contributed by atoms with Crippen molar-refractivity contribution in [1.82, 2.24) is 10.3 Å². The van der Waals surface area contributed by atoms with Crippen LogP contribution in [-0.4, -0.2) is 30.5 Å². The summed E-state index contributed by atoms with van der Waals surface area (Å²) in [6.07, 6.45) is 17.8. The number of amides is 3. The molecule has 2 N–H and O–H groups in total. The number of ether oxygens (including phenoxy) is 1. The third-order valence-electron chi connectivity index (χ3n) is 8.25. The maximum atomic E-state index is 11.5. The van der Waals surface area contributed by atoms with Crippen LogP contribution < -0.4 is 20.3 Å². The number of benzene rings is 2. The van der Waals surface area contributed by atoms with Crippen molar-refractivity contribution in [2.75, 3.05) is 23.8 Å². The average molecular weight is 711 g/mol. The topological polar surface area (TPSA) is 83.6 Å². The monoisotopic (exact) mass is 711 g/mol. The first kappa shape index (κ1) is 46.6. The summed E-state index contributed by atoms with van der Waals surface area (Å²) < 4.78 is 5.85. The SMILES string of the molecule is C1CCC(C2CCCCC2)CC1.CC.CC.CC.CC.CC.CNC(=O)Nc1ccc(Oc2ccc(-c3cnc(N4CCC4=O)s3)cc2)cc1. The van der Waals surface area contributed by atoms with Crippen molar-refractivity contribution in [3.63, 3.8) is 0 Å². The summed E-state index contributed by atoms with van der Waals surface area (Å²) in [5, 5.41) is 5.94. The molecule has 2 aromatic carbocycles. The molecule has 0 bridgehead atoms. The quantitative estimate of drug-likeness (QED) is 0.249. The smallest absolute Gasteiger partial charge is 0.318 e. The molecule has 2 saturated carbocycles. The van der Waals surface area contributed by atoms with Gasteiger partial charge in [-0.1, -0.05) is 145 Å². The van der Waals surface area contributed by atoms with Crippen molar-refractivity contribution in [3.05, 3.63) is 54.7 Å². The van der Waals surface area contributed by atoms with Gasteiger partial charge in [-0.3, -0.25) is 9.69 Å². The lowest BCUT2D eigenvalue weighted by atomic mass is 9.73. The van der Waals surface area contributed by atoms with Gasteiger partial charge < -0.3 is 15.4 Å². The van der Waals surface area contributed by atoms with E-state index in [1.807, 2.05) is 93.5 Å². The zero-order valence-electron chi connectivity index (χ0n) is 33.4. The summed E-state index contributed by atoms with van der Waals surface area (Å²) in [5.41, 5.74) is 1.71. The first-order valence-corrected chi connectivity index (χ1v) is 20.5. The maximum absolute atomic E-state index is 11.5. The van der Waals surface area contributed by atoms with Gasteiger partial charge in [0.2, 0.25) is 5.91 Å². The Morgan fingerprint density at radius 3 is 1.58 bits per heavy atom. The minimum atomic E-state index is -0.269. The van der Waals surface area contributed by atoms with Crippen LogP contribution in [0.3, 0.4) is 0 Å². The largest absolute Gasteiger partial charge is 0.457 e. The van der Waals surface area contributed by atoms with Gasteiger partial charge in [-0.05, 0) is 65.9 Å². The molecule has 3 aliphatic rings. The lowest BCUT2D eigenvalue weighted by Gasteiger charge is -2.32. The van der Waals surface area contributed by atoms with E-state index in [1.54, 1.807) is 68.1 Å². The molecule has 50 heavy (non-hydrogen) atoms. The Labute approximate surface area is 310 Å². The number of carbonyl (C=O) groups is 2. The summed E-state index contributed by atoms with van der Waals surface area (Å²) in [5.74, 6) is 3.78. The van der Waals surface area contributed by atoms with Gasteiger partial charge in [-0.2, -0.15) is 0 Å². The summed E-state index contributed by atoms with van der Waals surface area (Å²) in [6, 6.07) is 14.6. The minimum Gasteiger partial charge on any atom is -0.457 e. The van der Waals surface area contributed by atoms with Crippen molar-refractivity contribution in [1.29, 1.82) is 0 Å². The molecular formula is C42H70N4O3S. The number of anilines is 2. The van der Waals surface area contributed by atoms with Gasteiger partial charge in [0.25, 0.3) is 0 Å². The van der Waals surface area contributed by atoms with Gasteiger partial charge in [-0.25, -0.2) is 9.78 Å². The van der Waals surface area contributed by atoms with E-state index in [9.17, 15) is 9.59 Å². The van der Waals surface area contributed by atoms with E-state index in [-0.39, 0.29) is 11.9 Å². The number of thiazole rings is 1. The molecule has 2 heterocycles. The lowest BCUT2D eigenvalue weighted by Crippen LogP contribution is -2.43. The zero-order chi connectivity index (χ0) is 37.7. The van der Waals surface area contributed by atoms with Gasteiger partial charge in [0.1, 0.15) is 11.5 Å². The van der Waals surface area contributed by atoms with Crippen LogP contribution in [0.15, 0.2) is 54.7 Å². The summed E-state index contributed by atoms with van der Waals surface area (Å²) in [7, 11) is 1.56. The van der Waals surface area contributed by atoms with E-state index in [0.29, 0.717) is 23.6 Å². The number of aromatic nitrogens is 1. The van der Waals surface area contributed by atoms with Crippen LogP contribution >= 0.6 is 11.3 Å². The van der Waals surface area contributed by atoms with Crippen molar-refractivity contribution in [2.45, 2.75) is 140 Å². The Kier molecular flexibility index (Phi) is 27.4. The predicted molar refractivity (Wildman–Crippen MR) is 219 cm³/mol. The van der Waals surface area contributed by atoms with Crippen molar-refractivity contribution in [3.8, 4) is 21.9 Å². The van der Waals surface area contributed by atoms with Crippen molar-refractivity contribution in [2.24, 2.45) is 11.8 Å². The fourth-order valence-electron chi connectivity index (χ4n) is 5.87. The van der Waals surface area contributed by atoms with Crippen molar-refractivity contribution < 1.29 is 14.3 Å². The van der Waals surface area contributed by atoms with Crippen LogP contribution in [0.2, 0.25) is 0 Å². The molecule has 2 aliphatic carbocycles. The molecular weight excluding hydrogens is 641 g/mol. The first-order chi connectivity index (χ1) is 24.6. The minimum absolute atomic E-state index is 0.126. The van der Waals surface area contributed by atoms with Crippen LogP contribution in [0.4, 0.5) is 15.6 Å². The van der Waals surface area contributed by atoms with E-state index in [0.717, 1.165) is 34.0 Å². The molecule has 0 atom stereocenters. The van der Waals surface area contributed by atoms with Gasteiger partial charge in [0.05, 0.1) is 4.88 Å². The highest BCUT2D eigenvalue weighted by molar-refractivity contribution is 7.19. The molecule has 3 fully saturated rings. The summed E-state index contributed by atoms with van der Waals surface area (Å²) >= 11 is 1.51. The Balaban J connectivity index is 0.000000909. The molecule has 0 radical (unpaired) electrons. The molecule has 282 valence electrons. The second-order valence-corrected chi connectivity index (χ2v) is 12.0. The van der Waals surface area contributed by atoms with Gasteiger partial charge in [-0.15, -0.1) is 0 Å². The van der Waals surface area contributed by atoms with Gasteiger partial charge in [0, 0.05) is 31.9 Å². The Hall–Kier alpha value is -3.39. The predicted octanol–water partition coefficient (Wildman–Crippen LogP) is 13.4. The zero-order valence-corrected chi connectivity index (χ0v) is 34.2. The molecule has 8 heteroatoms. The van der Waals surface area contributed by atoms with Crippen LogP contribution in [0, 0.1) is 11.8 Å². The van der Waals surface area contributed by atoms with Gasteiger partial charge >= 0.3 is 6.03 Å². The lowest BCUT2D eigenvalue weighted by molar-refractivity contribution is -0.122. The normalized spacial score (nSPS) is 14.9. The highest BCUT2D eigenvalue weighted by Crippen LogP contribution is 2.38. The molecule has 3 aromatic rings. The molecule has 1 aliphatic heterocycles. The van der Waals surface area contributed by atoms with Crippen LogP contribution in [0.25, 0.3) is 10.4 Å². The molecule has 1 saturated heterocycles. The third-order valence-corrected chi connectivity index (χ3v) is 9.32. The van der Waals surface area contributed by atoms with Crippen LogP contribution in [0.1, 0.15) is 140 Å². The second-order valence-electron chi connectivity index (χ2n) is 11.0. The molecule has 6 rings (SSSR count). The highest BCUT2D eigenvalue weighted by atomic mass is 32.1. The number of urea groups is 1. The molecule has 7 nitrogen and oxygen atoms in total. The third kappa shape index (κ3) is 16.1. The van der Waals surface area contributed by atoms with E-state index in [1.165, 1.54) is 49.9 Å². The van der Waals surface area contributed by atoms with E-state index >= 15 is 0 Å². The number of hydrogen-bond donors (Lipinski definition) is 2. The fourth-order valence-corrected chi connectivity index (χ4v) is 6.84. The number of β-lactam (4-membered cyclic amide) rings is 1. The van der Waals surface area contributed by atoms with E-state index in [4.69, 9.17) is 4.74 Å². The van der Waals surface area contributed by atoms with Crippen molar-refractivity contribution >= 4 is 34.1 Å². The maximum Gasteiger partial charge on any atom is 0.318 e. The number of rotatable bonds is 6. The van der Waals surface area contributed by atoms with Gasteiger partial charge in [0.15, 0.2) is 5.13 Å². The number of carbonyl (C=O) groups excluding carboxylic acids is 2. The van der Waals surface area contributed by atoms with Crippen LogP contribution in [-0.2, 0) is 4.79 Å². The average Bonchev–Trinajstić information content (AvgIpc) is 3.69. The molecule has 0 spiro atoms. The first-order valence-electron chi connectivity index (χ1n) is 19.7. The fraction of sp³-hybridized carbons (Fsp3) is 0.595. The number of nitrogens with one attached hydrogen (secondary N) is 2. The van der Waals surface area contributed by atoms with E-state index < -0.39 is 0 Å². The Bertz CT molecular complexity index is 1230. The summed E-state index contributed by atoms with van der Waals surface area (Å²) in [4.78, 5) is 29.9. The molecule has 0 unspecified atom stereocenters. The standard InChI is InChI=1S/C20H18N4O3S.C12H22.5C2H6/c1-21-19(26)23-14-4-8-16(9-5-14)27-15-6-2-13(3-7-15)17-12-22-20(28-17)24-11-10-18(24)25;1-3-7-11(8-4-1)12-9-5-2-6-10-12;5*1-2/h2-9,12H,10-11H2,1H3,(H2,21,23,26);11-12H,1-10H2;5*1-2H3. The Morgan fingerprint density at radius 2 is 1.18 bits per heavy atom.